The molecular formula is C19H25FN4O2. The summed E-state index contributed by atoms with van der Waals surface area (Å²) in [5.74, 6) is -0.400. The van der Waals surface area contributed by atoms with E-state index >= 15 is 0 Å². The van der Waals surface area contributed by atoms with Crippen molar-refractivity contribution in [2.45, 2.75) is 12.8 Å². The van der Waals surface area contributed by atoms with Gasteiger partial charge in [-0.05, 0) is 51.2 Å². The number of piperidine rings is 1. The number of aromatic nitrogens is 1. The zero-order chi connectivity index (χ0) is 18.7. The minimum atomic E-state index is -0.323. The number of nitrogens with zero attached hydrogens (tertiary/aromatic N) is 2. The van der Waals surface area contributed by atoms with Crippen molar-refractivity contribution in [3.8, 4) is 0 Å². The van der Waals surface area contributed by atoms with Crippen LogP contribution in [-0.4, -0.2) is 66.9 Å². The number of hydrogen-bond acceptors (Lipinski definition) is 3. The molecule has 26 heavy (non-hydrogen) atoms. The monoisotopic (exact) mass is 360 g/mol. The van der Waals surface area contributed by atoms with Gasteiger partial charge in [0.2, 0.25) is 5.91 Å². The minimum absolute atomic E-state index is 0.0435. The van der Waals surface area contributed by atoms with Gasteiger partial charge in [-0.25, -0.2) is 4.39 Å². The number of amides is 2. The second-order valence-corrected chi connectivity index (χ2v) is 7.08. The highest BCUT2D eigenvalue weighted by Crippen LogP contribution is 2.22. The van der Waals surface area contributed by atoms with Crippen LogP contribution in [0.4, 0.5) is 4.39 Å². The molecule has 3 rings (SSSR count). The number of benzene rings is 1. The van der Waals surface area contributed by atoms with Gasteiger partial charge < -0.3 is 20.1 Å². The lowest BCUT2D eigenvalue weighted by molar-refractivity contribution is -0.126. The summed E-state index contributed by atoms with van der Waals surface area (Å²) < 4.78 is 13.3. The lowest BCUT2D eigenvalue weighted by atomic mass is 9.95. The molecule has 0 aliphatic carbocycles. The van der Waals surface area contributed by atoms with Gasteiger partial charge in [-0.3, -0.25) is 9.59 Å². The number of halogens is 1. The smallest absolute Gasteiger partial charge is 0.270 e. The van der Waals surface area contributed by atoms with E-state index in [9.17, 15) is 14.0 Å². The van der Waals surface area contributed by atoms with Crippen molar-refractivity contribution < 1.29 is 14.0 Å². The fraction of sp³-hybridized carbons (Fsp3) is 0.474. The van der Waals surface area contributed by atoms with Gasteiger partial charge in [0, 0.05) is 43.0 Å². The molecule has 7 heteroatoms. The lowest BCUT2D eigenvalue weighted by Crippen LogP contribution is -2.44. The summed E-state index contributed by atoms with van der Waals surface area (Å²) >= 11 is 0. The average Bonchev–Trinajstić information content (AvgIpc) is 3.04. The Morgan fingerprint density at radius 3 is 2.69 bits per heavy atom. The van der Waals surface area contributed by atoms with Crippen LogP contribution in [0.25, 0.3) is 10.9 Å². The van der Waals surface area contributed by atoms with Crippen LogP contribution in [0.3, 0.4) is 0 Å². The highest BCUT2D eigenvalue weighted by Gasteiger charge is 2.28. The number of H-pyrrole nitrogens is 1. The standard InChI is InChI=1S/C19H25FN4O2/c1-23(2)10-7-21-18(25)13-5-8-24(9-6-13)19(26)17-12-14-11-15(20)3-4-16(14)22-17/h3-4,11-13,22H,5-10H2,1-2H3,(H,21,25). The number of carbonyl (C=O) groups is 2. The van der Waals surface area contributed by atoms with Gasteiger partial charge in [0.1, 0.15) is 11.5 Å². The van der Waals surface area contributed by atoms with Crippen LogP contribution in [0, 0.1) is 11.7 Å². The Balaban J connectivity index is 1.55. The van der Waals surface area contributed by atoms with Gasteiger partial charge in [0.15, 0.2) is 0 Å². The molecule has 0 saturated carbocycles. The van der Waals surface area contributed by atoms with Gasteiger partial charge in [-0.1, -0.05) is 0 Å². The van der Waals surface area contributed by atoms with E-state index in [1.807, 2.05) is 19.0 Å². The summed E-state index contributed by atoms with van der Waals surface area (Å²) in [7, 11) is 3.93. The molecule has 1 aliphatic heterocycles. The fourth-order valence-corrected chi connectivity index (χ4v) is 3.28. The Morgan fingerprint density at radius 2 is 2.00 bits per heavy atom. The first-order chi connectivity index (χ1) is 12.4. The predicted octanol–water partition coefficient (Wildman–Crippen LogP) is 1.84. The Hall–Kier alpha value is -2.41. The second kappa shape index (κ2) is 7.86. The van der Waals surface area contributed by atoms with E-state index < -0.39 is 0 Å². The molecule has 1 saturated heterocycles. The van der Waals surface area contributed by atoms with Crippen molar-refractivity contribution in [3.63, 3.8) is 0 Å². The first kappa shape index (κ1) is 18.4. The molecule has 0 spiro atoms. The molecule has 140 valence electrons. The molecule has 0 radical (unpaired) electrons. The Bertz CT molecular complexity index is 794. The van der Waals surface area contributed by atoms with Crippen molar-refractivity contribution in [2.75, 3.05) is 40.3 Å². The first-order valence-electron chi connectivity index (χ1n) is 8.94. The molecule has 1 aromatic heterocycles. The van der Waals surface area contributed by atoms with Gasteiger partial charge >= 0.3 is 0 Å². The van der Waals surface area contributed by atoms with Crippen LogP contribution in [0.5, 0.6) is 0 Å². The maximum atomic E-state index is 13.3. The Kier molecular flexibility index (Phi) is 5.56. The summed E-state index contributed by atoms with van der Waals surface area (Å²) in [6.07, 6.45) is 1.32. The van der Waals surface area contributed by atoms with Crippen molar-refractivity contribution >= 4 is 22.7 Å². The van der Waals surface area contributed by atoms with Crippen LogP contribution >= 0.6 is 0 Å². The Morgan fingerprint density at radius 1 is 1.27 bits per heavy atom. The number of aromatic amines is 1. The van der Waals surface area contributed by atoms with Crippen molar-refractivity contribution in [1.29, 1.82) is 0 Å². The number of rotatable bonds is 5. The number of likely N-dealkylation sites (tertiary alicyclic amines) is 1. The van der Waals surface area contributed by atoms with Crippen LogP contribution in [0.15, 0.2) is 24.3 Å². The molecule has 0 atom stereocenters. The van der Waals surface area contributed by atoms with Crippen molar-refractivity contribution in [1.82, 2.24) is 20.1 Å². The van der Waals surface area contributed by atoms with Crippen LogP contribution in [0.1, 0.15) is 23.3 Å². The Labute approximate surface area is 152 Å². The van der Waals surface area contributed by atoms with Gasteiger partial charge in [-0.15, -0.1) is 0 Å². The molecule has 6 nitrogen and oxygen atoms in total. The highest BCUT2D eigenvalue weighted by atomic mass is 19.1. The van der Waals surface area contributed by atoms with Crippen LogP contribution < -0.4 is 5.32 Å². The van der Waals surface area contributed by atoms with Gasteiger partial charge in [0.25, 0.3) is 5.91 Å². The number of carbonyl (C=O) groups excluding carboxylic acids is 2. The van der Waals surface area contributed by atoms with Crippen molar-refractivity contribution in [3.05, 3.63) is 35.8 Å². The summed E-state index contributed by atoms with van der Waals surface area (Å²) in [6.45, 7) is 2.54. The number of nitrogens with one attached hydrogen (secondary N) is 2. The zero-order valence-electron chi connectivity index (χ0n) is 15.2. The van der Waals surface area contributed by atoms with Crippen LogP contribution in [0.2, 0.25) is 0 Å². The SMILES string of the molecule is CN(C)CCNC(=O)C1CCN(C(=O)c2cc3cc(F)ccc3[nH]2)CC1. The summed E-state index contributed by atoms with van der Waals surface area (Å²) in [6, 6.07) is 6.09. The van der Waals surface area contributed by atoms with Gasteiger partial charge in [-0.2, -0.15) is 0 Å². The van der Waals surface area contributed by atoms with E-state index in [-0.39, 0.29) is 23.5 Å². The predicted molar refractivity (Wildman–Crippen MR) is 98.4 cm³/mol. The molecule has 0 unspecified atom stereocenters. The number of likely N-dealkylation sites (N-methyl/N-ethyl adjacent to an activating group) is 1. The molecule has 2 aromatic rings. The molecule has 0 bridgehead atoms. The molecule has 2 amide bonds. The normalized spacial score (nSPS) is 15.6. The van der Waals surface area contributed by atoms with E-state index in [0.717, 1.165) is 12.1 Å². The minimum Gasteiger partial charge on any atom is -0.355 e. The maximum Gasteiger partial charge on any atom is 0.270 e. The lowest BCUT2D eigenvalue weighted by Gasteiger charge is -2.31. The summed E-state index contributed by atoms with van der Waals surface area (Å²) in [4.78, 5) is 31.7. The molecule has 2 heterocycles. The van der Waals surface area contributed by atoms with E-state index in [1.165, 1.54) is 12.1 Å². The van der Waals surface area contributed by atoms with E-state index in [0.29, 0.717) is 43.6 Å². The van der Waals surface area contributed by atoms with E-state index in [2.05, 4.69) is 10.3 Å². The highest BCUT2D eigenvalue weighted by molar-refractivity contribution is 5.98. The van der Waals surface area contributed by atoms with Gasteiger partial charge in [0.05, 0.1) is 0 Å². The topological polar surface area (TPSA) is 68.4 Å². The quantitative estimate of drug-likeness (QED) is 0.855. The zero-order valence-corrected chi connectivity index (χ0v) is 15.2. The van der Waals surface area contributed by atoms with Crippen LogP contribution in [-0.2, 0) is 4.79 Å². The third-order valence-corrected chi connectivity index (χ3v) is 4.82. The molecular weight excluding hydrogens is 335 g/mol. The molecule has 2 N–H and O–H groups in total. The number of hydrogen-bond donors (Lipinski definition) is 2. The maximum absolute atomic E-state index is 13.3. The molecule has 1 aromatic carbocycles. The summed E-state index contributed by atoms with van der Waals surface area (Å²) in [5, 5.41) is 3.64. The molecule has 1 aliphatic rings. The molecule has 1 fully saturated rings. The largest absolute Gasteiger partial charge is 0.355 e. The first-order valence-corrected chi connectivity index (χ1v) is 8.94. The fourth-order valence-electron chi connectivity index (χ4n) is 3.28. The summed E-state index contributed by atoms with van der Waals surface area (Å²) in [5.41, 5.74) is 1.20. The van der Waals surface area contributed by atoms with E-state index in [1.54, 1.807) is 17.0 Å². The van der Waals surface area contributed by atoms with E-state index in [4.69, 9.17) is 0 Å². The second-order valence-electron chi connectivity index (χ2n) is 7.08. The average molecular weight is 360 g/mol. The third-order valence-electron chi connectivity index (χ3n) is 4.82. The third kappa shape index (κ3) is 4.22. The van der Waals surface area contributed by atoms with Crippen molar-refractivity contribution in [2.24, 2.45) is 5.92 Å². The number of fused-ring (bicyclic) bond motifs is 1.